The van der Waals surface area contributed by atoms with E-state index < -0.39 is 53.5 Å². The molecule has 2 N–H and O–H groups in total. The number of aliphatic hydroxyl groups is 1. The lowest BCUT2D eigenvalue weighted by Crippen LogP contribution is -2.45. The molecule has 0 saturated heterocycles. The number of aryl methyl sites for hydroxylation is 1. The van der Waals surface area contributed by atoms with Crippen molar-refractivity contribution in [3.63, 3.8) is 0 Å². The summed E-state index contributed by atoms with van der Waals surface area (Å²) in [7, 11) is 0. The predicted octanol–water partition coefficient (Wildman–Crippen LogP) is 5.35. The number of pyridine rings is 1. The Bertz CT molecular complexity index is 1240. The number of aromatic nitrogens is 3. The average Bonchev–Trinajstić information content (AvgIpc) is 3.20. The van der Waals surface area contributed by atoms with Gasteiger partial charge in [0.2, 0.25) is 0 Å². The molecule has 0 spiro atoms. The molecule has 0 aliphatic heterocycles. The average molecular weight is 631 g/mol. The van der Waals surface area contributed by atoms with Crippen LogP contribution >= 0.6 is 11.6 Å². The Hall–Kier alpha value is -2.65. The molecular formula is C25H32ClF5N4O5S. The second-order valence-corrected chi connectivity index (χ2v) is 11.1. The van der Waals surface area contributed by atoms with Gasteiger partial charge in [0, 0.05) is 19.3 Å². The van der Waals surface area contributed by atoms with Crippen molar-refractivity contribution in [1.82, 2.24) is 20.1 Å². The van der Waals surface area contributed by atoms with Gasteiger partial charge in [0.15, 0.2) is 11.4 Å². The number of hydrogen-bond acceptors (Lipinski definition) is 7. The van der Waals surface area contributed by atoms with Gasteiger partial charge >= 0.3 is 24.4 Å². The Labute approximate surface area is 242 Å². The van der Waals surface area contributed by atoms with Crippen LogP contribution in [0.4, 0.5) is 22.0 Å². The Balaban J connectivity index is 0.00000187. The summed E-state index contributed by atoms with van der Waals surface area (Å²) in [6.07, 6.45) is -1.21. The molecule has 2 heterocycles. The maximum absolute atomic E-state index is 13.4. The maximum atomic E-state index is 13.4. The number of amides is 1. The van der Waals surface area contributed by atoms with E-state index in [1.54, 1.807) is 6.92 Å². The maximum Gasteiger partial charge on any atom is 0.394 e. The fourth-order valence-corrected chi connectivity index (χ4v) is 4.71. The topological polar surface area (TPSA) is 123 Å². The largest absolute Gasteiger partial charge is 0.432 e. The quantitative estimate of drug-likeness (QED) is 0.358. The number of carbonyl (C=O) groups excluding carboxylic acids is 1. The summed E-state index contributed by atoms with van der Waals surface area (Å²) in [6.45, 7) is 2.63. The lowest BCUT2D eigenvalue weighted by atomic mass is 9.79. The van der Waals surface area contributed by atoms with Gasteiger partial charge in [0.25, 0.3) is 5.91 Å². The number of halogens is 6. The van der Waals surface area contributed by atoms with Crippen molar-refractivity contribution in [2.24, 2.45) is 11.3 Å². The van der Waals surface area contributed by atoms with Gasteiger partial charge in [0.05, 0.1) is 11.0 Å². The summed E-state index contributed by atoms with van der Waals surface area (Å²) in [5, 5.41) is 17.4. The molecule has 9 nitrogen and oxygen atoms in total. The molecule has 0 atom stereocenters. The van der Waals surface area contributed by atoms with Crippen LogP contribution in [0.5, 0.6) is 5.75 Å². The smallest absolute Gasteiger partial charge is 0.394 e. The number of ether oxygens (including phenoxy) is 1. The van der Waals surface area contributed by atoms with Crippen LogP contribution in [0.1, 0.15) is 69.4 Å². The lowest BCUT2D eigenvalue weighted by molar-refractivity contribution is -0.211. The fraction of sp³-hybridized carbons (Fsp3) is 0.640. The highest BCUT2D eigenvalue weighted by molar-refractivity contribution is 7.51. The zero-order valence-corrected chi connectivity index (χ0v) is 24.4. The minimum Gasteiger partial charge on any atom is -0.432 e. The van der Waals surface area contributed by atoms with Crippen LogP contribution in [0, 0.1) is 11.3 Å². The van der Waals surface area contributed by atoms with Crippen LogP contribution in [0.2, 0.25) is 5.02 Å². The molecule has 230 valence electrons. The van der Waals surface area contributed by atoms with Crippen molar-refractivity contribution in [2.75, 3.05) is 6.54 Å². The van der Waals surface area contributed by atoms with Gasteiger partial charge in [-0.1, -0.05) is 32.4 Å². The molecule has 1 saturated carbocycles. The summed E-state index contributed by atoms with van der Waals surface area (Å²) < 4.78 is 89.1. The summed E-state index contributed by atoms with van der Waals surface area (Å²) >= 11 is 5.74. The van der Waals surface area contributed by atoms with Gasteiger partial charge in [-0.15, -0.1) is 0 Å². The van der Waals surface area contributed by atoms with Crippen molar-refractivity contribution in [3.8, 4) is 17.1 Å². The number of rotatable bonds is 9. The second kappa shape index (κ2) is 14.0. The molecule has 0 aromatic carbocycles. The van der Waals surface area contributed by atoms with Crippen LogP contribution < -0.4 is 10.1 Å². The number of carbonyl (C=O) groups is 1. The normalized spacial score (nSPS) is 19.4. The highest BCUT2D eigenvalue weighted by Crippen LogP contribution is 2.42. The first-order valence-electron chi connectivity index (χ1n) is 12.7. The van der Waals surface area contributed by atoms with E-state index >= 15 is 0 Å². The lowest BCUT2D eigenvalue weighted by Gasteiger charge is -2.34. The van der Waals surface area contributed by atoms with Gasteiger partial charge in [-0.05, 0) is 56.6 Å². The van der Waals surface area contributed by atoms with Crippen LogP contribution in [-0.2, 0) is 24.5 Å². The summed E-state index contributed by atoms with van der Waals surface area (Å²) in [6, 6.07) is 1.06. The van der Waals surface area contributed by atoms with Gasteiger partial charge in [0.1, 0.15) is 16.4 Å². The van der Waals surface area contributed by atoms with Crippen molar-refractivity contribution in [3.05, 3.63) is 28.5 Å². The third-order valence-corrected chi connectivity index (χ3v) is 7.31. The molecule has 2 aromatic rings. The van der Waals surface area contributed by atoms with Crippen molar-refractivity contribution in [2.45, 2.75) is 84.7 Å². The van der Waals surface area contributed by atoms with E-state index in [0.29, 0.717) is 18.8 Å². The third kappa shape index (κ3) is 8.92. The standard InChI is InChI=1S/C25H32ClF5N4O3.O2S/c1-5-35-20(17(26)19(34-35)21(36)33-13-24(37)8-6-14(2)7-9-24)18-16(38-22(27)28)10-15(12-32-18)11-23(3,4)25(29,30)31;1-3-2/h10,12,14,22,37H,5-9,11,13H2,1-4H3,(H,33,36);. The molecule has 41 heavy (non-hydrogen) atoms. The number of nitrogens with one attached hydrogen (secondary N) is 1. The Morgan fingerprint density at radius 2 is 1.88 bits per heavy atom. The zero-order valence-electron chi connectivity index (χ0n) is 22.9. The number of alkyl halides is 5. The van der Waals surface area contributed by atoms with Crippen molar-refractivity contribution >= 4 is 29.1 Å². The summed E-state index contributed by atoms with van der Waals surface area (Å²) in [4.78, 5) is 17.0. The first-order chi connectivity index (χ1) is 19.0. The number of hydrogen-bond donors (Lipinski definition) is 2. The highest BCUT2D eigenvalue weighted by atomic mass is 35.5. The van der Waals surface area contributed by atoms with Crippen LogP contribution in [0.15, 0.2) is 12.3 Å². The molecule has 0 radical (unpaired) electrons. The van der Waals surface area contributed by atoms with E-state index in [-0.39, 0.29) is 40.8 Å². The van der Waals surface area contributed by atoms with E-state index in [1.807, 2.05) is 0 Å². The molecule has 2 aromatic heterocycles. The first kappa shape index (κ1) is 34.6. The van der Waals surface area contributed by atoms with Crippen molar-refractivity contribution < 1.29 is 45.0 Å². The highest BCUT2D eigenvalue weighted by Gasteiger charge is 2.47. The summed E-state index contributed by atoms with van der Waals surface area (Å²) in [5.74, 6) is -0.675. The fourth-order valence-electron chi connectivity index (χ4n) is 4.40. The van der Waals surface area contributed by atoms with E-state index in [1.165, 1.54) is 4.68 Å². The van der Waals surface area contributed by atoms with Crippen LogP contribution in [0.3, 0.4) is 0 Å². The summed E-state index contributed by atoms with van der Waals surface area (Å²) in [5.41, 5.74) is -3.57. The minimum atomic E-state index is -4.54. The predicted molar refractivity (Wildman–Crippen MR) is 140 cm³/mol. The zero-order chi connectivity index (χ0) is 31.2. The SMILES string of the molecule is CCn1nc(C(=O)NCC2(O)CCC(C)CC2)c(Cl)c1-c1ncc(CC(C)(C)C(F)(F)F)cc1OC(F)F.O=S=O. The molecule has 0 unspecified atom stereocenters. The molecule has 16 heteroatoms. The Morgan fingerprint density at radius 1 is 1.29 bits per heavy atom. The number of nitrogens with zero attached hydrogens (tertiary/aromatic N) is 3. The van der Waals surface area contributed by atoms with E-state index in [2.05, 4.69) is 27.1 Å². The molecule has 1 fully saturated rings. The molecule has 1 amide bonds. The van der Waals surface area contributed by atoms with Crippen LogP contribution in [0.25, 0.3) is 11.4 Å². The molecular weight excluding hydrogens is 599 g/mol. The van der Waals surface area contributed by atoms with E-state index in [0.717, 1.165) is 39.0 Å². The van der Waals surface area contributed by atoms with E-state index in [9.17, 15) is 31.9 Å². The minimum absolute atomic E-state index is 0.00167. The third-order valence-electron chi connectivity index (χ3n) is 6.96. The molecule has 0 bridgehead atoms. The Kier molecular flexibility index (Phi) is 11.8. The molecule has 1 aliphatic carbocycles. The van der Waals surface area contributed by atoms with Crippen molar-refractivity contribution in [1.29, 1.82) is 0 Å². The Morgan fingerprint density at radius 3 is 2.39 bits per heavy atom. The van der Waals surface area contributed by atoms with Gasteiger partial charge in [-0.25, -0.2) is 0 Å². The van der Waals surface area contributed by atoms with Gasteiger partial charge < -0.3 is 15.2 Å². The molecule has 1 aliphatic rings. The van der Waals surface area contributed by atoms with E-state index in [4.69, 9.17) is 20.0 Å². The monoisotopic (exact) mass is 630 g/mol. The molecule has 3 rings (SSSR count). The second-order valence-electron chi connectivity index (χ2n) is 10.6. The van der Waals surface area contributed by atoms with Gasteiger partial charge in [-0.2, -0.15) is 35.5 Å². The first-order valence-corrected chi connectivity index (χ1v) is 13.7. The van der Waals surface area contributed by atoms with Gasteiger partial charge in [-0.3, -0.25) is 14.5 Å². The van der Waals surface area contributed by atoms with Crippen LogP contribution in [-0.4, -0.2) is 59.1 Å².